The SMILES string of the molecule is O=C(NC1CCCNC1=O)c1ccc(-c2ccc(OC(F)F)cc2)cc1. The van der Waals surface area contributed by atoms with E-state index in [9.17, 15) is 18.4 Å². The van der Waals surface area contributed by atoms with Gasteiger partial charge in [-0.15, -0.1) is 0 Å². The molecule has 0 aliphatic carbocycles. The van der Waals surface area contributed by atoms with E-state index in [4.69, 9.17) is 0 Å². The van der Waals surface area contributed by atoms with E-state index in [2.05, 4.69) is 15.4 Å². The van der Waals surface area contributed by atoms with Crippen molar-refractivity contribution in [2.75, 3.05) is 6.54 Å². The van der Waals surface area contributed by atoms with E-state index in [1.807, 2.05) is 0 Å². The van der Waals surface area contributed by atoms with Crippen molar-refractivity contribution in [3.63, 3.8) is 0 Å². The van der Waals surface area contributed by atoms with Crippen LogP contribution in [0.25, 0.3) is 11.1 Å². The largest absolute Gasteiger partial charge is 0.435 e. The van der Waals surface area contributed by atoms with Crippen LogP contribution in [0.4, 0.5) is 8.78 Å². The maximum atomic E-state index is 12.3. The Labute approximate surface area is 149 Å². The number of piperidine rings is 1. The van der Waals surface area contributed by atoms with Crippen LogP contribution in [0.2, 0.25) is 0 Å². The lowest BCUT2D eigenvalue weighted by atomic mass is 10.0. The number of benzene rings is 2. The first-order chi connectivity index (χ1) is 12.5. The molecule has 2 N–H and O–H groups in total. The Hall–Kier alpha value is -2.96. The van der Waals surface area contributed by atoms with E-state index >= 15 is 0 Å². The Morgan fingerprint density at radius 3 is 2.27 bits per heavy atom. The van der Waals surface area contributed by atoms with Gasteiger partial charge in [0.2, 0.25) is 5.91 Å². The normalized spacial score (nSPS) is 16.9. The van der Waals surface area contributed by atoms with Crippen LogP contribution in [0.15, 0.2) is 48.5 Å². The molecule has 0 spiro atoms. The van der Waals surface area contributed by atoms with Crippen LogP contribution in [-0.4, -0.2) is 31.0 Å². The van der Waals surface area contributed by atoms with Gasteiger partial charge in [0, 0.05) is 12.1 Å². The lowest BCUT2D eigenvalue weighted by Crippen LogP contribution is -2.50. The predicted molar refractivity (Wildman–Crippen MR) is 92.0 cm³/mol. The molecule has 136 valence electrons. The number of alkyl halides is 2. The van der Waals surface area contributed by atoms with Gasteiger partial charge in [-0.05, 0) is 48.2 Å². The van der Waals surface area contributed by atoms with Crippen molar-refractivity contribution in [2.45, 2.75) is 25.5 Å². The Kier molecular flexibility index (Phi) is 5.46. The second-order valence-corrected chi connectivity index (χ2v) is 5.94. The molecule has 3 rings (SSSR count). The first kappa shape index (κ1) is 17.8. The van der Waals surface area contributed by atoms with Gasteiger partial charge >= 0.3 is 6.61 Å². The van der Waals surface area contributed by atoms with Gasteiger partial charge in [0.25, 0.3) is 5.91 Å². The molecule has 1 aliphatic rings. The fourth-order valence-electron chi connectivity index (χ4n) is 2.79. The molecule has 2 aromatic carbocycles. The monoisotopic (exact) mass is 360 g/mol. The molecule has 1 unspecified atom stereocenters. The molecule has 0 aromatic heterocycles. The first-order valence-corrected chi connectivity index (χ1v) is 8.27. The van der Waals surface area contributed by atoms with Crippen LogP contribution in [0.1, 0.15) is 23.2 Å². The molecule has 5 nitrogen and oxygen atoms in total. The third-order valence-electron chi connectivity index (χ3n) is 4.15. The Balaban J connectivity index is 1.66. The Morgan fingerprint density at radius 1 is 1.08 bits per heavy atom. The molecule has 1 heterocycles. The lowest BCUT2D eigenvalue weighted by Gasteiger charge is -2.22. The number of hydrogen-bond acceptors (Lipinski definition) is 3. The molecule has 0 bridgehead atoms. The average Bonchev–Trinajstić information content (AvgIpc) is 2.64. The summed E-state index contributed by atoms with van der Waals surface area (Å²) in [5.41, 5.74) is 2.09. The second-order valence-electron chi connectivity index (χ2n) is 5.94. The van der Waals surface area contributed by atoms with Crippen LogP contribution in [0.3, 0.4) is 0 Å². The van der Waals surface area contributed by atoms with Gasteiger partial charge in [0.15, 0.2) is 0 Å². The molecular weight excluding hydrogens is 342 g/mol. The van der Waals surface area contributed by atoms with Crippen molar-refractivity contribution < 1.29 is 23.1 Å². The summed E-state index contributed by atoms with van der Waals surface area (Å²) in [7, 11) is 0. The van der Waals surface area contributed by atoms with E-state index in [1.165, 1.54) is 12.1 Å². The van der Waals surface area contributed by atoms with E-state index < -0.39 is 12.7 Å². The summed E-state index contributed by atoms with van der Waals surface area (Å²) in [5.74, 6) is -0.378. The molecule has 2 aromatic rings. The third-order valence-corrected chi connectivity index (χ3v) is 4.15. The number of hydrogen-bond donors (Lipinski definition) is 2. The molecule has 26 heavy (non-hydrogen) atoms. The molecule has 1 fully saturated rings. The number of carbonyl (C=O) groups is 2. The smallest absolute Gasteiger partial charge is 0.387 e. The summed E-state index contributed by atoms with van der Waals surface area (Å²) in [6, 6.07) is 12.6. The molecule has 2 amide bonds. The second kappa shape index (κ2) is 7.95. The minimum Gasteiger partial charge on any atom is -0.435 e. The van der Waals surface area contributed by atoms with Crippen LogP contribution in [-0.2, 0) is 4.79 Å². The van der Waals surface area contributed by atoms with Crippen LogP contribution >= 0.6 is 0 Å². The molecule has 1 atom stereocenters. The van der Waals surface area contributed by atoms with Crippen molar-refractivity contribution in [1.29, 1.82) is 0 Å². The van der Waals surface area contributed by atoms with Gasteiger partial charge < -0.3 is 15.4 Å². The minimum atomic E-state index is -2.86. The predicted octanol–water partition coefficient (Wildman–Crippen LogP) is 2.96. The topological polar surface area (TPSA) is 67.4 Å². The molecule has 1 aliphatic heterocycles. The van der Waals surface area contributed by atoms with E-state index in [-0.39, 0.29) is 17.6 Å². The number of rotatable bonds is 5. The fourth-order valence-corrected chi connectivity index (χ4v) is 2.79. The van der Waals surface area contributed by atoms with E-state index in [0.717, 1.165) is 17.5 Å². The number of nitrogens with one attached hydrogen (secondary N) is 2. The summed E-state index contributed by atoms with van der Waals surface area (Å²) in [6.07, 6.45) is 1.46. The quantitative estimate of drug-likeness (QED) is 0.861. The summed E-state index contributed by atoms with van der Waals surface area (Å²) in [6.45, 7) is -2.22. The first-order valence-electron chi connectivity index (χ1n) is 8.27. The fraction of sp³-hybridized carbons (Fsp3) is 0.263. The molecule has 0 saturated carbocycles. The van der Waals surface area contributed by atoms with E-state index in [0.29, 0.717) is 18.5 Å². The highest BCUT2D eigenvalue weighted by Crippen LogP contribution is 2.23. The summed E-state index contributed by atoms with van der Waals surface area (Å²) < 4.78 is 28.7. The van der Waals surface area contributed by atoms with E-state index in [1.54, 1.807) is 36.4 Å². The highest BCUT2D eigenvalue weighted by Gasteiger charge is 2.23. The number of carbonyl (C=O) groups excluding carboxylic acids is 2. The standard InChI is InChI=1S/C19H18F2N2O3/c20-19(21)26-15-9-7-13(8-10-15)12-3-5-14(6-4-12)17(24)23-16-2-1-11-22-18(16)25/h3-10,16,19H,1-2,11H2,(H,22,25)(H,23,24). The van der Waals surface area contributed by atoms with Crippen molar-refractivity contribution in [3.8, 4) is 16.9 Å². The number of ether oxygens (including phenoxy) is 1. The summed E-state index contributed by atoms with van der Waals surface area (Å²) in [4.78, 5) is 24.0. The Bertz CT molecular complexity index is 776. The number of halogens is 2. The molecule has 7 heteroatoms. The highest BCUT2D eigenvalue weighted by molar-refractivity contribution is 5.98. The van der Waals surface area contributed by atoms with Crippen molar-refractivity contribution in [3.05, 3.63) is 54.1 Å². The summed E-state index contributed by atoms with van der Waals surface area (Å²) in [5, 5.41) is 5.46. The molecule has 1 saturated heterocycles. The molecular formula is C19H18F2N2O3. The van der Waals surface area contributed by atoms with Crippen LogP contribution in [0.5, 0.6) is 5.75 Å². The number of amides is 2. The summed E-state index contributed by atoms with van der Waals surface area (Å²) >= 11 is 0. The van der Waals surface area contributed by atoms with Gasteiger partial charge in [-0.3, -0.25) is 9.59 Å². The minimum absolute atomic E-state index is 0.0884. The van der Waals surface area contributed by atoms with Gasteiger partial charge in [0.1, 0.15) is 11.8 Å². The molecule has 0 radical (unpaired) electrons. The van der Waals surface area contributed by atoms with Gasteiger partial charge in [-0.25, -0.2) is 0 Å². The Morgan fingerprint density at radius 2 is 1.69 bits per heavy atom. The van der Waals surface area contributed by atoms with Gasteiger partial charge in [0.05, 0.1) is 0 Å². The van der Waals surface area contributed by atoms with Crippen molar-refractivity contribution >= 4 is 11.8 Å². The van der Waals surface area contributed by atoms with Gasteiger partial charge in [-0.2, -0.15) is 8.78 Å². The zero-order chi connectivity index (χ0) is 18.5. The van der Waals surface area contributed by atoms with Gasteiger partial charge in [-0.1, -0.05) is 24.3 Å². The maximum Gasteiger partial charge on any atom is 0.387 e. The van der Waals surface area contributed by atoms with Crippen LogP contribution in [0, 0.1) is 0 Å². The zero-order valence-electron chi connectivity index (χ0n) is 13.9. The lowest BCUT2D eigenvalue weighted by molar-refractivity contribution is -0.124. The average molecular weight is 360 g/mol. The maximum absolute atomic E-state index is 12.3. The zero-order valence-corrected chi connectivity index (χ0v) is 13.9. The highest BCUT2D eigenvalue weighted by atomic mass is 19.3. The van der Waals surface area contributed by atoms with Crippen molar-refractivity contribution in [1.82, 2.24) is 10.6 Å². The van der Waals surface area contributed by atoms with Crippen molar-refractivity contribution in [2.24, 2.45) is 0 Å². The third kappa shape index (κ3) is 4.36. The van der Waals surface area contributed by atoms with Crippen LogP contribution < -0.4 is 15.4 Å².